The van der Waals surface area contributed by atoms with Gasteiger partial charge in [-0.1, -0.05) is 6.58 Å². The van der Waals surface area contributed by atoms with Crippen LogP contribution in [0.15, 0.2) is 12.7 Å². The molecule has 0 atom stereocenters. The van der Waals surface area contributed by atoms with Gasteiger partial charge in [0.25, 0.3) is 0 Å². The molecule has 0 radical (unpaired) electrons. The van der Waals surface area contributed by atoms with E-state index in [-0.39, 0.29) is 51.9 Å². The normalized spacial score (nSPS) is 10.5. The number of ether oxygens (including phenoxy) is 3. The summed E-state index contributed by atoms with van der Waals surface area (Å²) in [5, 5.41) is 0. The third kappa shape index (κ3) is 15.6. The van der Waals surface area contributed by atoms with Crippen LogP contribution < -0.4 is 18.9 Å². The molecule has 0 aromatic heterocycles. The quantitative estimate of drug-likeness (QED) is 0.133. The fourth-order valence-corrected chi connectivity index (χ4v) is 1.07. The number of carbonyl (C=O) groups is 1. The minimum Gasteiger partial charge on any atom is -0.748 e. The molecule has 0 unspecified atom stereocenters. The Labute approximate surface area is 118 Å². The molecule has 7 nitrogen and oxygen atoms in total. The largest absolute Gasteiger partial charge is 1.00 e. The molecule has 18 heavy (non-hydrogen) atoms. The average Bonchev–Trinajstić information content (AvgIpc) is 2.25. The van der Waals surface area contributed by atoms with Gasteiger partial charge in [-0.15, -0.1) is 0 Å². The molecule has 0 saturated heterocycles. The molecule has 0 amide bonds. The fraction of sp³-hybridized carbons (Fsp3) is 0.667. The molecule has 0 heterocycles. The molecule has 0 aliphatic carbocycles. The summed E-state index contributed by atoms with van der Waals surface area (Å²) in [5.41, 5.74) is 0. The Kier molecular flexibility index (Phi) is 13.0. The maximum atomic E-state index is 10.6. The van der Waals surface area contributed by atoms with E-state index < -0.39 is 21.8 Å². The molecule has 0 aliphatic rings. The third-order valence-electron chi connectivity index (χ3n) is 1.49. The molecule has 0 aromatic rings. The molecule has 0 fully saturated rings. The van der Waals surface area contributed by atoms with Gasteiger partial charge >= 0.3 is 24.8 Å². The first kappa shape index (κ1) is 20.0. The summed E-state index contributed by atoms with van der Waals surface area (Å²) < 4.78 is 45.0. The number of esters is 1. The molecule has 0 aliphatic heterocycles. The van der Waals surface area contributed by atoms with Gasteiger partial charge in [0.15, 0.2) is 0 Å². The Morgan fingerprint density at radius 2 is 1.61 bits per heavy atom. The van der Waals surface area contributed by atoms with Crippen LogP contribution in [-0.2, 0) is 29.1 Å². The van der Waals surface area contributed by atoms with E-state index >= 15 is 0 Å². The van der Waals surface area contributed by atoms with Crippen LogP contribution in [0.3, 0.4) is 0 Å². The molecule has 0 rings (SSSR count). The first-order valence-electron chi connectivity index (χ1n) is 4.84. The van der Waals surface area contributed by atoms with Crippen molar-refractivity contribution in [1.82, 2.24) is 0 Å². The van der Waals surface area contributed by atoms with Crippen LogP contribution in [0.4, 0.5) is 0 Å². The summed E-state index contributed by atoms with van der Waals surface area (Å²) >= 11 is 0. The zero-order valence-electron chi connectivity index (χ0n) is 10.3. The predicted octanol–water partition coefficient (Wildman–Crippen LogP) is -3.70. The van der Waals surface area contributed by atoms with E-state index in [2.05, 4.69) is 11.3 Å². The molecule has 0 bridgehead atoms. The van der Waals surface area contributed by atoms with E-state index in [0.717, 1.165) is 6.08 Å². The van der Waals surface area contributed by atoms with Crippen molar-refractivity contribution >= 4 is 16.1 Å². The van der Waals surface area contributed by atoms with E-state index in [1.165, 1.54) is 0 Å². The Hall–Kier alpha value is -0.363. The standard InChI is InChI=1S/C9H16O7S.Li/c1-2-9(10)16-6-5-14-3-4-15-7-8-17(11,12)13;/h2H,1,3-8H2,(H,11,12,13);/q;+1/p-1. The summed E-state index contributed by atoms with van der Waals surface area (Å²) in [7, 11) is -4.22. The fourth-order valence-electron chi connectivity index (χ4n) is 0.743. The smallest absolute Gasteiger partial charge is 0.748 e. The van der Waals surface area contributed by atoms with Crippen LogP contribution in [0, 0.1) is 0 Å². The van der Waals surface area contributed by atoms with Gasteiger partial charge in [0.2, 0.25) is 0 Å². The van der Waals surface area contributed by atoms with Gasteiger partial charge in [-0.3, -0.25) is 0 Å². The van der Waals surface area contributed by atoms with Crippen LogP contribution in [0.2, 0.25) is 0 Å². The van der Waals surface area contributed by atoms with Gasteiger partial charge < -0.3 is 18.8 Å². The molecule has 0 spiro atoms. The van der Waals surface area contributed by atoms with Crippen molar-refractivity contribution in [1.29, 1.82) is 0 Å². The predicted molar refractivity (Wildman–Crippen MR) is 57.4 cm³/mol. The van der Waals surface area contributed by atoms with Crippen molar-refractivity contribution in [2.24, 2.45) is 0 Å². The van der Waals surface area contributed by atoms with E-state index in [1.807, 2.05) is 0 Å². The van der Waals surface area contributed by atoms with E-state index in [1.54, 1.807) is 0 Å². The Balaban J connectivity index is 0. The maximum Gasteiger partial charge on any atom is 1.00 e. The minimum atomic E-state index is -4.22. The third-order valence-corrected chi connectivity index (χ3v) is 2.16. The molecular weight excluding hydrogens is 259 g/mol. The molecular formula is C9H15LiO7S. The van der Waals surface area contributed by atoms with Gasteiger partial charge in [-0.25, -0.2) is 13.2 Å². The number of hydrogen-bond donors (Lipinski definition) is 0. The van der Waals surface area contributed by atoms with Crippen LogP contribution in [0.5, 0.6) is 0 Å². The first-order chi connectivity index (χ1) is 7.95. The Morgan fingerprint density at radius 1 is 1.11 bits per heavy atom. The number of carbonyl (C=O) groups excluding carboxylic acids is 1. The number of rotatable bonds is 10. The first-order valence-corrected chi connectivity index (χ1v) is 6.41. The zero-order chi connectivity index (χ0) is 13.1. The van der Waals surface area contributed by atoms with Crippen molar-refractivity contribution in [3.63, 3.8) is 0 Å². The van der Waals surface area contributed by atoms with Crippen molar-refractivity contribution in [2.45, 2.75) is 0 Å². The molecule has 0 N–H and O–H groups in total. The van der Waals surface area contributed by atoms with Crippen LogP contribution in [-0.4, -0.2) is 57.7 Å². The molecule has 9 heteroatoms. The molecule has 0 aromatic carbocycles. The Morgan fingerprint density at radius 3 is 2.11 bits per heavy atom. The second-order valence-electron chi connectivity index (χ2n) is 2.86. The van der Waals surface area contributed by atoms with Crippen molar-refractivity contribution in [2.75, 3.05) is 38.8 Å². The second kappa shape index (κ2) is 11.7. The van der Waals surface area contributed by atoms with Gasteiger partial charge in [0.05, 0.1) is 42.3 Å². The Bertz CT molecular complexity index is 328. The SMILES string of the molecule is C=CC(=O)OCCOCCOCCS(=O)(=O)[O-].[Li+]. The van der Waals surface area contributed by atoms with E-state index in [0.29, 0.717) is 0 Å². The zero-order valence-corrected chi connectivity index (χ0v) is 11.1. The summed E-state index contributed by atoms with van der Waals surface area (Å²) in [4.78, 5) is 10.6. The van der Waals surface area contributed by atoms with Crippen LogP contribution in [0.25, 0.3) is 0 Å². The topological polar surface area (TPSA) is 102 Å². The van der Waals surface area contributed by atoms with E-state index in [4.69, 9.17) is 9.47 Å². The summed E-state index contributed by atoms with van der Waals surface area (Å²) in [6.45, 7) is 3.79. The number of hydrogen-bond acceptors (Lipinski definition) is 7. The van der Waals surface area contributed by atoms with Gasteiger partial charge in [0.1, 0.15) is 6.61 Å². The van der Waals surface area contributed by atoms with Crippen molar-refractivity contribution in [3.05, 3.63) is 12.7 Å². The van der Waals surface area contributed by atoms with Crippen molar-refractivity contribution in [3.8, 4) is 0 Å². The maximum absolute atomic E-state index is 10.6. The second-order valence-corrected chi connectivity index (χ2v) is 4.38. The minimum absolute atomic E-state index is 0. The van der Waals surface area contributed by atoms with Gasteiger partial charge in [-0.2, -0.15) is 0 Å². The van der Waals surface area contributed by atoms with Crippen LogP contribution >= 0.6 is 0 Å². The van der Waals surface area contributed by atoms with E-state index in [9.17, 15) is 17.8 Å². The average molecular weight is 274 g/mol. The van der Waals surface area contributed by atoms with Gasteiger partial charge in [0, 0.05) is 6.08 Å². The summed E-state index contributed by atoms with van der Waals surface area (Å²) in [6.07, 6.45) is 1.05. The summed E-state index contributed by atoms with van der Waals surface area (Å²) in [5.74, 6) is -1.07. The molecule has 100 valence electrons. The monoisotopic (exact) mass is 274 g/mol. The van der Waals surface area contributed by atoms with Gasteiger partial charge in [-0.05, 0) is 0 Å². The summed E-state index contributed by atoms with van der Waals surface area (Å²) in [6, 6.07) is 0. The van der Waals surface area contributed by atoms with Crippen LogP contribution in [0.1, 0.15) is 0 Å². The molecule has 0 saturated carbocycles. The van der Waals surface area contributed by atoms with Crippen molar-refractivity contribution < 1.29 is 50.8 Å².